The molecule has 0 fully saturated rings. The van der Waals surface area contributed by atoms with Gasteiger partial charge in [-0.25, -0.2) is 9.78 Å². The number of carbonyl (C=O) groups is 2. The third-order valence-corrected chi connectivity index (χ3v) is 7.25. The summed E-state index contributed by atoms with van der Waals surface area (Å²) in [4.78, 5) is 30.3. The van der Waals surface area contributed by atoms with Crippen LogP contribution in [0.1, 0.15) is 49.5 Å². The van der Waals surface area contributed by atoms with Crippen LogP contribution in [0.15, 0.2) is 41.8 Å². The number of aliphatic hydroxyl groups excluding tert-OH is 1. The van der Waals surface area contributed by atoms with E-state index in [0.717, 1.165) is 36.3 Å². The van der Waals surface area contributed by atoms with E-state index in [1.807, 2.05) is 35.7 Å². The summed E-state index contributed by atoms with van der Waals surface area (Å²) in [5, 5.41) is 23.1. The molecule has 2 N–H and O–H groups in total. The van der Waals surface area contributed by atoms with Gasteiger partial charge in [-0.1, -0.05) is 43.1 Å². The van der Waals surface area contributed by atoms with E-state index in [4.69, 9.17) is 16.6 Å². The molecule has 7 nitrogen and oxygen atoms in total. The molecule has 0 aliphatic rings. The highest BCUT2D eigenvalue weighted by molar-refractivity contribution is 7.14. The highest BCUT2D eigenvalue weighted by Crippen LogP contribution is 2.29. The van der Waals surface area contributed by atoms with E-state index in [-0.39, 0.29) is 13.2 Å². The summed E-state index contributed by atoms with van der Waals surface area (Å²) in [5.74, 6) is -0.355. The minimum absolute atomic E-state index is 0.229. The molecular weight excluding hydrogens is 474 g/mol. The van der Waals surface area contributed by atoms with E-state index in [9.17, 15) is 19.8 Å². The first kappa shape index (κ1) is 25.9. The molecule has 3 rings (SSSR count). The molecule has 34 heavy (non-hydrogen) atoms. The number of rotatable bonds is 13. The van der Waals surface area contributed by atoms with E-state index in [1.165, 1.54) is 18.3 Å². The molecular formula is C25H30ClN3O4S. The predicted octanol–water partition coefficient (Wildman–Crippen LogP) is 4.57. The molecule has 0 unspecified atom stereocenters. The average molecular weight is 504 g/mol. The van der Waals surface area contributed by atoms with Crippen molar-refractivity contribution in [3.63, 3.8) is 0 Å². The molecule has 0 saturated carbocycles. The number of carboxylic acid groups (broad SMARTS) is 1. The number of hydrogen-bond donors (Lipinski definition) is 2. The van der Waals surface area contributed by atoms with Gasteiger partial charge in [0.2, 0.25) is 0 Å². The van der Waals surface area contributed by atoms with Crippen LogP contribution in [0.25, 0.3) is 0 Å². The average Bonchev–Trinajstić information content (AvgIpc) is 3.47. The van der Waals surface area contributed by atoms with Crippen LogP contribution in [0.4, 0.5) is 5.00 Å². The molecule has 1 aromatic carbocycles. The number of nitrogens with zero attached hydrogens (tertiary/aromatic N) is 3. The maximum atomic E-state index is 12.1. The molecule has 0 radical (unpaired) electrons. The van der Waals surface area contributed by atoms with Crippen LogP contribution >= 0.6 is 22.9 Å². The number of aromatic nitrogens is 2. The second kappa shape index (κ2) is 11.6. The number of unbranched alkanes of at least 4 members (excludes halogenated alkanes) is 1. The van der Waals surface area contributed by atoms with Crippen molar-refractivity contribution >= 4 is 40.2 Å². The predicted molar refractivity (Wildman–Crippen MR) is 135 cm³/mol. The van der Waals surface area contributed by atoms with E-state index in [1.54, 1.807) is 11.0 Å². The van der Waals surface area contributed by atoms with Crippen molar-refractivity contribution in [2.45, 2.75) is 58.2 Å². The first-order chi connectivity index (χ1) is 16.3. The van der Waals surface area contributed by atoms with Crippen LogP contribution in [-0.2, 0) is 35.6 Å². The molecule has 1 atom stereocenters. The van der Waals surface area contributed by atoms with Crippen molar-refractivity contribution in [2.75, 3.05) is 11.4 Å². The van der Waals surface area contributed by atoms with E-state index in [0.29, 0.717) is 35.0 Å². The topological polar surface area (TPSA) is 95.7 Å². The fraction of sp³-hybridized carbons (Fsp3) is 0.400. The summed E-state index contributed by atoms with van der Waals surface area (Å²) in [6.45, 7) is 4.04. The van der Waals surface area contributed by atoms with Crippen LogP contribution in [0.5, 0.6) is 0 Å². The van der Waals surface area contributed by atoms with Crippen molar-refractivity contribution < 1.29 is 19.8 Å². The highest BCUT2D eigenvalue weighted by atomic mass is 35.5. The van der Waals surface area contributed by atoms with Crippen LogP contribution in [0.2, 0.25) is 5.02 Å². The van der Waals surface area contributed by atoms with Gasteiger partial charge in [0.1, 0.15) is 5.82 Å². The van der Waals surface area contributed by atoms with Gasteiger partial charge in [0, 0.05) is 30.1 Å². The number of halogens is 1. The second-order valence-corrected chi connectivity index (χ2v) is 9.62. The zero-order valence-electron chi connectivity index (χ0n) is 19.4. The number of aryl methyl sites for hydroxylation is 1. The molecule has 0 aliphatic carbocycles. The number of hydrogen-bond acceptors (Lipinski definition) is 6. The van der Waals surface area contributed by atoms with Gasteiger partial charge < -0.3 is 24.5 Å². The summed E-state index contributed by atoms with van der Waals surface area (Å²) in [6, 6.07) is 11.2. The monoisotopic (exact) mass is 503 g/mol. The number of aliphatic hydroxyl groups is 1. The molecule has 182 valence electrons. The number of anilines is 1. The zero-order chi connectivity index (χ0) is 24.7. The summed E-state index contributed by atoms with van der Waals surface area (Å²) in [5.41, 5.74) is 0.590. The number of aliphatic carboxylic acids is 1. The second-order valence-electron chi connectivity index (χ2n) is 8.28. The highest BCUT2D eigenvalue weighted by Gasteiger charge is 2.40. The van der Waals surface area contributed by atoms with Crippen molar-refractivity contribution in [1.29, 1.82) is 0 Å². The maximum absolute atomic E-state index is 12.1. The van der Waals surface area contributed by atoms with E-state index >= 15 is 0 Å². The molecule has 0 saturated heterocycles. The Morgan fingerprint density at radius 3 is 2.62 bits per heavy atom. The summed E-state index contributed by atoms with van der Waals surface area (Å²) in [6.07, 6.45) is 3.58. The summed E-state index contributed by atoms with van der Waals surface area (Å²) < 4.78 is 2.08. The number of benzene rings is 1. The smallest absolute Gasteiger partial charge is 0.336 e. The van der Waals surface area contributed by atoms with Crippen molar-refractivity contribution in [3.05, 3.63) is 69.6 Å². The Labute approximate surface area is 208 Å². The number of carboxylic acids is 1. The molecule has 9 heteroatoms. The molecule has 3 aromatic rings. The first-order valence-electron chi connectivity index (χ1n) is 11.3. The lowest BCUT2D eigenvalue weighted by atomic mass is 10.0. The Hall–Kier alpha value is -2.68. The van der Waals surface area contributed by atoms with Crippen LogP contribution in [0.3, 0.4) is 0 Å². The minimum Gasteiger partial charge on any atom is -0.479 e. The maximum Gasteiger partial charge on any atom is 0.336 e. The Morgan fingerprint density at radius 1 is 1.26 bits per heavy atom. The summed E-state index contributed by atoms with van der Waals surface area (Å²) in [7, 11) is 0. The molecule has 0 bridgehead atoms. The van der Waals surface area contributed by atoms with Gasteiger partial charge in [-0.2, -0.15) is 0 Å². The van der Waals surface area contributed by atoms with Crippen molar-refractivity contribution in [1.82, 2.24) is 9.55 Å². The largest absolute Gasteiger partial charge is 0.479 e. The van der Waals surface area contributed by atoms with Gasteiger partial charge in [0.25, 0.3) is 0 Å². The normalized spacial score (nSPS) is 12.9. The third kappa shape index (κ3) is 5.51. The lowest BCUT2D eigenvalue weighted by Crippen LogP contribution is -2.54. The fourth-order valence-corrected chi connectivity index (χ4v) is 5.01. The van der Waals surface area contributed by atoms with Gasteiger partial charge in [0.05, 0.1) is 23.8 Å². The van der Waals surface area contributed by atoms with Crippen LogP contribution in [0, 0.1) is 0 Å². The SMILES string of the molecule is CCCCc1nc(CO)c(CCN(c2cccs2)[C@](C)(C=O)C(=O)O)n1Cc1ccccc1Cl. The fourth-order valence-electron chi connectivity index (χ4n) is 3.95. The van der Waals surface area contributed by atoms with Crippen LogP contribution in [-0.4, -0.2) is 44.1 Å². The van der Waals surface area contributed by atoms with Gasteiger partial charge in [-0.15, -0.1) is 11.3 Å². The van der Waals surface area contributed by atoms with Gasteiger partial charge in [-0.3, -0.25) is 0 Å². The van der Waals surface area contributed by atoms with E-state index < -0.39 is 11.5 Å². The van der Waals surface area contributed by atoms with Gasteiger partial charge in [-0.05, 0) is 42.5 Å². The molecule has 0 aliphatic heterocycles. The molecule has 2 heterocycles. The standard InChI is InChI=1S/C25H30ClN3O4S/c1-3-4-10-22-27-20(16-30)21(28(22)15-18-8-5-6-9-19(18)26)12-13-29(23-11-7-14-34-23)25(2,17-31)24(32)33/h5-9,11,14,17,30H,3-4,10,12-13,15-16H2,1-2H3,(H,32,33)/t25-/m1/s1. The Bertz CT molecular complexity index is 1120. The Balaban J connectivity index is 2.01. The number of imidazole rings is 1. The van der Waals surface area contributed by atoms with Crippen molar-refractivity contribution in [2.24, 2.45) is 0 Å². The van der Waals surface area contributed by atoms with E-state index in [2.05, 4.69) is 11.5 Å². The first-order valence-corrected chi connectivity index (χ1v) is 12.5. The minimum atomic E-state index is -1.72. The number of aldehydes is 1. The Morgan fingerprint density at radius 2 is 2.03 bits per heavy atom. The number of thiophene rings is 1. The molecule has 0 spiro atoms. The molecule has 2 aromatic heterocycles. The Kier molecular flexibility index (Phi) is 8.88. The lowest BCUT2D eigenvalue weighted by Gasteiger charge is -2.34. The third-order valence-electron chi connectivity index (χ3n) is 5.99. The van der Waals surface area contributed by atoms with Crippen LogP contribution < -0.4 is 4.90 Å². The molecule has 0 amide bonds. The van der Waals surface area contributed by atoms with Gasteiger partial charge >= 0.3 is 5.97 Å². The lowest BCUT2D eigenvalue weighted by molar-refractivity contribution is -0.144. The quantitative estimate of drug-likeness (QED) is 0.262. The zero-order valence-corrected chi connectivity index (χ0v) is 21.0. The number of carbonyl (C=O) groups excluding carboxylic acids is 1. The van der Waals surface area contributed by atoms with Crippen molar-refractivity contribution in [3.8, 4) is 0 Å². The van der Waals surface area contributed by atoms with Gasteiger partial charge in [0.15, 0.2) is 11.8 Å². The summed E-state index contributed by atoms with van der Waals surface area (Å²) >= 11 is 7.81.